The summed E-state index contributed by atoms with van der Waals surface area (Å²) in [5.41, 5.74) is 0.998. The third-order valence-electron chi connectivity index (χ3n) is 2.86. The van der Waals surface area contributed by atoms with Gasteiger partial charge in [-0.05, 0) is 47.1 Å². The highest BCUT2D eigenvalue weighted by molar-refractivity contribution is 9.10. The molecule has 0 aromatic heterocycles. The van der Waals surface area contributed by atoms with E-state index < -0.39 is 5.97 Å². The first-order valence-electron chi connectivity index (χ1n) is 6.67. The lowest BCUT2D eigenvalue weighted by molar-refractivity contribution is 0.0727. The summed E-state index contributed by atoms with van der Waals surface area (Å²) in [6.07, 6.45) is 0. The van der Waals surface area contributed by atoms with Gasteiger partial charge in [0.2, 0.25) is 0 Å². The minimum absolute atomic E-state index is 0.193. The Balaban J connectivity index is 2.37. The summed E-state index contributed by atoms with van der Waals surface area (Å²) in [7, 11) is 0. The minimum atomic E-state index is -0.617. The zero-order valence-corrected chi connectivity index (χ0v) is 13.8. The summed E-state index contributed by atoms with van der Waals surface area (Å²) < 4.78 is 11.3. The molecule has 23 heavy (non-hydrogen) atoms. The van der Waals surface area contributed by atoms with Crippen molar-refractivity contribution in [3.8, 4) is 23.6 Å². The highest BCUT2D eigenvalue weighted by Gasteiger charge is 2.17. The molecule has 2 aromatic carbocycles. The Bertz CT molecular complexity index is 835. The fourth-order valence-corrected chi connectivity index (χ4v) is 2.38. The van der Waals surface area contributed by atoms with Crippen LogP contribution in [0.25, 0.3) is 0 Å². The van der Waals surface area contributed by atoms with Crippen molar-refractivity contribution in [1.29, 1.82) is 10.5 Å². The number of rotatable bonds is 4. The van der Waals surface area contributed by atoms with Gasteiger partial charge in [-0.15, -0.1) is 0 Å². The number of nitrogens with zero attached hydrogens (tertiary/aromatic N) is 2. The molecule has 5 nitrogen and oxygen atoms in total. The van der Waals surface area contributed by atoms with E-state index in [2.05, 4.69) is 15.9 Å². The molecule has 0 unspecified atom stereocenters. The van der Waals surface area contributed by atoms with Crippen molar-refractivity contribution in [2.75, 3.05) is 6.61 Å². The van der Waals surface area contributed by atoms with E-state index in [4.69, 9.17) is 20.0 Å². The largest absolute Gasteiger partial charge is 0.490 e. The lowest BCUT2D eigenvalue weighted by Crippen LogP contribution is -2.10. The third-order valence-corrected chi connectivity index (χ3v) is 3.45. The molecule has 0 N–H and O–H groups in total. The van der Waals surface area contributed by atoms with Gasteiger partial charge in [-0.3, -0.25) is 0 Å². The molecule has 2 rings (SSSR count). The quantitative estimate of drug-likeness (QED) is 0.603. The maximum atomic E-state index is 12.3. The van der Waals surface area contributed by atoms with E-state index in [-0.39, 0.29) is 11.3 Å². The van der Waals surface area contributed by atoms with Crippen LogP contribution in [0.3, 0.4) is 0 Å². The zero-order chi connectivity index (χ0) is 16.8. The Morgan fingerprint density at radius 2 is 1.91 bits per heavy atom. The van der Waals surface area contributed by atoms with Crippen LogP contribution in [0.2, 0.25) is 0 Å². The molecule has 2 aromatic rings. The number of hydrogen-bond donors (Lipinski definition) is 0. The number of nitriles is 2. The molecule has 0 heterocycles. The second-order valence-electron chi connectivity index (χ2n) is 4.41. The summed E-state index contributed by atoms with van der Waals surface area (Å²) in [5.74, 6) is -0.130. The van der Waals surface area contributed by atoms with Crippen LogP contribution in [0.5, 0.6) is 11.5 Å². The molecule has 0 fully saturated rings. The Morgan fingerprint density at radius 3 is 2.57 bits per heavy atom. The molecule has 6 heteroatoms. The normalized spacial score (nSPS) is 9.57. The molecule has 114 valence electrons. The van der Waals surface area contributed by atoms with E-state index in [0.717, 1.165) is 0 Å². The fraction of sp³-hybridized carbons (Fsp3) is 0.118. The molecule has 0 saturated heterocycles. The van der Waals surface area contributed by atoms with Crippen LogP contribution in [-0.2, 0) is 0 Å². The van der Waals surface area contributed by atoms with Gasteiger partial charge in [0, 0.05) is 6.07 Å². The summed E-state index contributed by atoms with van der Waals surface area (Å²) in [5, 5.41) is 17.9. The van der Waals surface area contributed by atoms with Gasteiger partial charge < -0.3 is 9.47 Å². The highest BCUT2D eigenvalue weighted by Crippen LogP contribution is 2.37. The molecule has 0 radical (unpaired) electrons. The van der Waals surface area contributed by atoms with E-state index in [1.54, 1.807) is 25.1 Å². The Hall–Kier alpha value is -2.83. The lowest BCUT2D eigenvalue weighted by atomic mass is 10.1. The van der Waals surface area contributed by atoms with Crippen molar-refractivity contribution < 1.29 is 14.3 Å². The highest BCUT2D eigenvalue weighted by atomic mass is 79.9. The van der Waals surface area contributed by atoms with Crippen molar-refractivity contribution in [2.45, 2.75) is 6.92 Å². The summed E-state index contributed by atoms with van der Waals surface area (Å²) in [6, 6.07) is 13.2. The molecule has 0 aliphatic heterocycles. The van der Waals surface area contributed by atoms with E-state index in [9.17, 15) is 4.79 Å². The maximum Gasteiger partial charge on any atom is 0.343 e. The van der Waals surface area contributed by atoms with Gasteiger partial charge >= 0.3 is 5.97 Å². The Labute approximate surface area is 141 Å². The van der Waals surface area contributed by atoms with Crippen LogP contribution in [-0.4, -0.2) is 12.6 Å². The first kappa shape index (κ1) is 16.5. The average Bonchev–Trinajstić information content (AvgIpc) is 2.57. The number of carbonyl (C=O) groups excluding carboxylic acids is 1. The van der Waals surface area contributed by atoms with Crippen molar-refractivity contribution in [3.63, 3.8) is 0 Å². The second-order valence-corrected chi connectivity index (χ2v) is 5.27. The van der Waals surface area contributed by atoms with Crippen molar-refractivity contribution in [3.05, 3.63) is 57.6 Å². The SMILES string of the molecule is CCOc1cc(C#N)cc(Br)c1OC(=O)c1cccc(C#N)c1. The topological polar surface area (TPSA) is 83.1 Å². The van der Waals surface area contributed by atoms with Gasteiger partial charge in [0.15, 0.2) is 11.5 Å². The van der Waals surface area contributed by atoms with E-state index in [1.807, 2.05) is 12.1 Å². The molecule has 0 spiro atoms. The van der Waals surface area contributed by atoms with Gasteiger partial charge in [-0.1, -0.05) is 6.07 Å². The Morgan fingerprint density at radius 1 is 1.17 bits per heavy atom. The van der Waals surface area contributed by atoms with Crippen LogP contribution in [0.1, 0.15) is 28.4 Å². The minimum Gasteiger partial charge on any atom is -0.490 e. The standard InChI is InChI=1S/C17H11BrN2O3/c1-2-22-15-8-12(10-20)7-14(18)16(15)23-17(21)13-5-3-4-11(6-13)9-19/h3-8H,2H2,1H3. The van der Waals surface area contributed by atoms with Crippen LogP contribution in [0, 0.1) is 22.7 Å². The zero-order valence-electron chi connectivity index (χ0n) is 12.2. The number of benzene rings is 2. The molecule has 0 saturated carbocycles. The van der Waals surface area contributed by atoms with Crippen LogP contribution in [0.4, 0.5) is 0 Å². The number of hydrogen-bond acceptors (Lipinski definition) is 5. The van der Waals surface area contributed by atoms with Crippen molar-refractivity contribution >= 4 is 21.9 Å². The third kappa shape index (κ3) is 3.88. The summed E-state index contributed by atoms with van der Waals surface area (Å²) >= 11 is 3.28. The second kappa shape index (κ2) is 7.44. The number of ether oxygens (including phenoxy) is 2. The molecular weight excluding hydrogens is 360 g/mol. The lowest BCUT2D eigenvalue weighted by Gasteiger charge is -2.13. The molecule has 0 amide bonds. The molecule has 0 bridgehead atoms. The predicted octanol–water partition coefficient (Wildman–Crippen LogP) is 3.81. The van der Waals surface area contributed by atoms with Gasteiger partial charge in [-0.25, -0.2) is 4.79 Å². The summed E-state index contributed by atoms with van der Waals surface area (Å²) in [6.45, 7) is 2.14. The molecule has 0 atom stereocenters. The van der Waals surface area contributed by atoms with Gasteiger partial charge in [-0.2, -0.15) is 10.5 Å². The van der Waals surface area contributed by atoms with Gasteiger partial charge in [0.1, 0.15) is 0 Å². The van der Waals surface area contributed by atoms with Crippen LogP contribution >= 0.6 is 15.9 Å². The van der Waals surface area contributed by atoms with E-state index in [0.29, 0.717) is 28.0 Å². The Kier molecular flexibility index (Phi) is 5.35. The molecule has 0 aliphatic rings. The summed E-state index contributed by atoms with van der Waals surface area (Å²) in [4.78, 5) is 12.3. The molecular formula is C17H11BrN2O3. The van der Waals surface area contributed by atoms with Gasteiger partial charge in [0.25, 0.3) is 0 Å². The first-order valence-corrected chi connectivity index (χ1v) is 7.47. The molecule has 0 aliphatic carbocycles. The number of carbonyl (C=O) groups is 1. The monoisotopic (exact) mass is 370 g/mol. The maximum absolute atomic E-state index is 12.3. The smallest absolute Gasteiger partial charge is 0.343 e. The van der Waals surface area contributed by atoms with Crippen LogP contribution < -0.4 is 9.47 Å². The van der Waals surface area contributed by atoms with E-state index >= 15 is 0 Å². The number of esters is 1. The van der Waals surface area contributed by atoms with Crippen LogP contribution in [0.15, 0.2) is 40.9 Å². The predicted molar refractivity (Wildman–Crippen MR) is 86.1 cm³/mol. The fourth-order valence-electron chi connectivity index (χ4n) is 1.86. The van der Waals surface area contributed by atoms with Crippen molar-refractivity contribution in [2.24, 2.45) is 0 Å². The van der Waals surface area contributed by atoms with Crippen molar-refractivity contribution in [1.82, 2.24) is 0 Å². The average molecular weight is 371 g/mol. The van der Waals surface area contributed by atoms with Gasteiger partial charge in [0.05, 0.1) is 39.9 Å². The first-order chi connectivity index (χ1) is 11.1. The van der Waals surface area contributed by atoms with E-state index in [1.165, 1.54) is 18.2 Å². The number of halogens is 1.